The Morgan fingerprint density at radius 3 is 1.47 bits per heavy atom. The van der Waals surface area contributed by atoms with Gasteiger partial charge >= 0.3 is 0 Å². The van der Waals surface area contributed by atoms with Crippen molar-refractivity contribution in [3.05, 3.63) is 156 Å². The van der Waals surface area contributed by atoms with E-state index in [1.54, 1.807) is 38.5 Å². The molecule has 0 saturated carbocycles. The lowest BCUT2D eigenvalue weighted by molar-refractivity contribution is -0.0368. The Labute approximate surface area is 373 Å². The average Bonchev–Trinajstić information content (AvgIpc) is 3.36. The molecule has 6 saturated heterocycles. The summed E-state index contributed by atoms with van der Waals surface area (Å²) in [7, 11) is 3.32. The van der Waals surface area contributed by atoms with Gasteiger partial charge in [0.15, 0.2) is 11.6 Å². The molecule has 6 aromatic rings. The average molecular weight is 853 g/mol. The molecule has 2 aromatic heterocycles. The van der Waals surface area contributed by atoms with E-state index >= 15 is 9.59 Å². The fourth-order valence-electron chi connectivity index (χ4n) is 11.8. The van der Waals surface area contributed by atoms with Gasteiger partial charge in [0.1, 0.15) is 35.2 Å². The normalized spacial score (nSPS) is 26.5. The van der Waals surface area contributed by atoms with Crippen molar-refractivity contribution in [3.63, 3.8) is 0 Å². The van der Waals surface area contributed by atoms with Crippen LogP contribution in [0.4, 0.5) is 0 Å². The molecule has 4 bridgehead atoms. The van der Waals surface area contributed by atoms with Gasteiger partial charge in [-0.1, -0.05) is 36.4 Å². The molecule has 1 aliphatic carbocycles. The highest BCUT2D eigenvalue weighted by atomic mass is 16.5. The molecule has 8 unspecified atom stereocenters. The van der Waals surface area contributed by atoms with Crippen molar-refractivity contribution in [2.45, 2.75) is 50.0 Å². The predicted molar refractivity (Wildman–Crippen MR) is 247 cm³/mol. The van der Waals surface area contributed by atoms with Crippen molar-refractivity contribution < 1.29 is 28.5 Å². The van der Waals surface area contributed by atoms with Crippen LogP contribution in [0.15, 0.2) is 123 Å². The Morgan fingerprint density at radius 1 is 0.625 bits per heavy atom. The second-order valence-electron chi connectivity index (χ2n) is 18.2. The molecule has 8 heterocycles. The summed E-state index contributed by atoms with van der Waals surface area (Å²) in [5.41, 5.74) is 4.66. The number of carbonyl (C=O) groups is 2. The number of rotatable bonds is 12. The lowest BCUT2D eigenvalue weighted by Crippen LogP contribution is -2.55. The first-order chi connectivity index (χ1) is 31.3. The van der Waals surface area contributed by atoms with Gasteiger partial charge in [0, 0.05) is 58.5 Å². The van der Waals surface area contributed by atoms with Crippen LogP contribution in [0.2, 0.25) is 0 Å². The molecule has 0 spiro atoms. The lowest BCUT2D eigenvalue weighted by atomic mass is 9.73. The number of carbonyl (C=O) groups excluding carboxylic acids is 2. The van der Waals surface area contributed by atoms with E-state index in [0.29, 0.717) is 57.8 Å². The van der Waals surface area contributed by atoms with E-state index in [4.69, 9.17) is 28.9 Å². The standard InChI is InChI=1S/C54H52N4O6/c1-5-31-29-57-23-19-33(31)25-45(57)53(39-17-21-55-43-13-11-35(61-3)27-41(39)43)63-47-15-16-48(50-49(47)51(59)37-9-7-8-10-38(37)52(50)60)64-54(46-26-34-20-24-58(46)30-32(34)6-2)40-18-22-56-44-14-12-36(62-4)28-42(40)44/h5-18,21-22,27-28,31-34,45-46,53-54H,1-2,19-20,23-26,29-30H2,3-4H3/t31?,32?,33?,34?,45-,46-,53?,54?/m1/s1. The summed E-state index contributed by atoms with van der Waals surface area (Å²) < 4.78 is 26.2. The number of hydrogen-bond acceptors (Lipinski definition) is 10. The summed E-state index contributed by atoms with van der Waals surface area (Å²) in [6.07, 6.45) is 10.8. The number of piperidine rings is 6. The number of hydrogen-bond donors (Lipinski definition) is 0. The molecule has 0 N–H and O–H groups in total. The number of aromatic nitrogens is 2. The largest absolute Gasteiger partial charge is 0.497 e. The summed E-state index contributed by atoms with van der Waals surface area (Å²) in [5, 5.41) is 1.83. The van der Waals surface area contributed by atoms with Crippen molar-refractivity contribution in [1.29, 1.82) is 0 Å². The molecule has 4 aromatic carbocycles. The second-order valence-corrected chi connectivity index (χ2v) is 18.2. The molecular formula is C54H52N4O6. The van der Waals surface area contributed by atoms with Crippen LogP contribution in [0.3, 0.4) is 0 Å². The van der Waals surface area contributed by atoms with Crippen LogP contribution in [0.5, 0.6) is 23.0 Å². The summed E-state index contributed by atoms with van der Waals surface area (Å²) in [6, 6.07) is 26.6. The fourth-order valence-corrected chi connectivity index (χ4v) is 11.8. The predicted octanol–water partition coefficient (Wildman–Crippen LogP) is 9.61. The third-order valence-corrected chi connectivity index (χ3v) is 15.1. The molecule has 0 radical (unpaired) electrons. The van der Waals surface area contributed by atoms with Crippen LogP contribution in [0.1, 0.15) is 80.9 Å². The Balaban J connectivity index is 1.07. The molecule has 64 heavy (non-hydrogen) atoms. The maximum Gasteiger partial charge on any atom is 0.198 e. The smallest absolute Gasteiger partial charge is 0.198 e. The summed E-state index contributed by atoms with van der Waals surface area (Å²) in [5.74, 6) is 3.28. The van der Waals surface area contributed by atoms with Crippen LogP contribution >= 0.6 is 0 Å². The minimum Gasteiger partial charge on any atom is -0.497 e. The van der Waals surface area contributed by atoms with Crippen LogP contribution in [-0.4, -0.2) is 83.8 Å². The van der Waals surface area contributed by atoms with Crippen molar-refractivity contribution in [1.82, 2.24) is 19.8 Å². The molecule has 0 amide bonds. The van der Waals surface area contributed by atoms with Crippen molar-refractivity contribution in [3.8, 4) is 23.0 Å². The van der Waals surface area contributed by atoms with Gasteiger partial charge in [-0.15, -0.1) is 13.2 Å². The van der Waals surface area contributed by atoms with E-state index in [-0.39, 0.29) is 34.8 Å². The van der Waals surface area contributed by atoms with E-state index in [9.17, 15) is 0 Å². The molecule has 6 fully saturated rings. The zero-order valence-corrected chi connectivity index (χ0v) is 36.3. The van der Waals surface area contributed by atoms with Crippen LogP contribution < -0.4 is 18.9 Å². The monoisotopic (exact) mass is 852 g/mol. The molecule has 10 atom stereocenters. The van der Waals surface area contributed by atoms with Gasteiger partial charge in [0.2, 0.25) is 0 Å². The van der Waals surface area contributed by atoms with E-state index in [2.05, 4.69) is 35.1 Å². The van der Waals surface area contributed by atoms with Crippen LogP contribution in [0, 0.1) is 23.7 Å². The lowest BCUT2D eigenvalue weighted by Gasteiger charge is -2.51. The Bertz CT molecular complexity index is 2670. The Hall–Kier alpha value is -6.36. The fraction of sp³-hybridized carbons (Fsp3) is 0.333. The third-order valence-electron chi connectivity index (χ3n) is 15.1. The Kier molecular flexibility index (Phi) is 10.3. The minimum absolute atomic E-state index is 0.0171. The molecular weight excluding hydrogens is 801 g/mol. The van der Waals surface area contributed by atoms with Crippen molar-refractivity contribution in [2.24, 2.45) is 23.7 Å². The van der Waals surface area contributed by atoms with Crippen molar-refractivity contribution >= 4 is 33.4 Å². The molecule has 13 rings (SSSR count). The highest BCUT2D eigenvalue weighted by Gasteiger charge is 2.47. The van der Waals surface area contributed by atoms with Gasteiger partial charge in [0.25, 0.3) is 0 Å². The molecule has 6 aliphatic heterocycles. The van der Waals surface area contributed by atoms with Gasteiger partial charge in [-0.2, -0.15) is 0 Å². The van der Waals surface area contributed by atoms with Crippen molar-refractivity contribution in [2.75, 3.05) is 40.4 Å². The number of ketones is 2. The van der Waals surface area contributed by atoms with Crippen LogP contribution in [0.25, 0.3) is 21.8 Å². The SMILES string of the molecule is C=CC1CN2CCC1C[C@@H]2C(Oc1ccc(OC(c2ccnc3ccc(OC)cc23)[C@H]2CC3CCN2CC3C=C)c2c1C(=O)c1ccccc1C2=O)c1ccnc2ccc(OC)cc12. The minimum atomic E-state index is -0.517. The molecule has 10 nitrogen and oxygen atoms in total. The van der Waals surface area contributed by atoms with Gasteiger partial charge in [-0.25, -0.2) is 0 Å². The van der Waals surface area contributed by atoms with E-state index < -0.39 is 12.2 Å². The van der Waals surface area contributed by atoms with Gasteiger partial charge in [-0.05, 0) is 123 Å². The first-order valence-electron chi connectivity index (χ1n) is 22.6. The van der Waals surface area contributed by atoms with Gasteiger partial charge in [-0.3, -0.25) is 29.4 Å². The molecule has 10 heteroatoms. The second kappa shape index (κ2) is 16.3. The Morgan fingerprint density at radius 2 is 1.08 bits per heavy atom. The van der Waals surface area contributed by atoms with E-state index in [1.807, 2.05) is 73.1 Å². The molecule has 7 aliphatic rings. The number of benzene rings is 4. The number of nitrogens with zero attached hydrogens (tertiary/aromatic N) is 4. The van der Waals surface area contributed by atoms with E-state index in [0.717, 1.165) is 84.8 Å². The quantitative estimate of drug-likeness (QED) is 0.111. The van der Waals surface area contributed by atoms with Crippen LogP contribution in [-0.2, 0) is 0 Å². The number of methoxy groups -OCH3 is 2. The summed E-state index contributed by atoms with van der Waals surface area (Å²) in [6.45, 7) is 12.0. The zero-order chi connectivity index (χ0) is 43.6. The van der Waals surface area contributed by atoms with Gasteiger partial charge < -0.3 is 18.9 Å². The number of pyridine rings is 2. The first-order valence-corrected chi connectivity index (χ1v) is 22.6. The zero-order valence-electron chi connectivity index (χ0n) is 36.3. The number of fused-ring (bicyclic) bond motifs is 10. The summed E-state index contributed by atoms with van der Waals surface area (Å²) in [4.78, 5) is 44.7. The maximum atomic E-state index is 15.1. The maximum absolute atomic E-state index is 15.1. The third kappa shape index (κ3) is 6.68. The first kappa shape index (κ1) is 40.4. The highest BCUT2D eigenvalue weighted by molar-refractivity contribution is 6.30. The highest BCUT2D eigenvalue weighted by Crippen LogP contribution is 2.49. The van der Waals surface area contributed by atoms with Gasteiger partial charge in [0.05, 0.1) is 48.5 Å². The molecule has 324 valence electrons. The van der Waals surface area contributed by atoms with E-state index in [1.165, 1.54) is 0 Å². The topological polar surface area (TPSA) is 103 Å². The summed E-state index contributed by atoms with van der Waals surface area (Å²) >= 11 is 0. The number of ether oxygens (including phenoxy) is 4.